The van der Waals surface area contributed by atoms with Gasteiger partial charge in [-0.15, -0.1) is 0 Å². The van der Waals surface area contributed by atoms with E-state index in [9.17, 15) is 29.1 Å². The molecule has 208 valence electrons. The first-order valence-electron chi connectivity index (χ1n) is 12.3. The van der Waals surface area contributed by atoms with E-state index in [4.69, 9.17) is 11.5 Å². The number of carboxylic acid groups (broad SMARTS) is 1. The highest BCUT2D eigenvalue weighted by Crippen LogP contribution is 2.19. The maximum atomic E-state index is 13.1. The molecular formula is C25H36N6O6S. The molecule has 0 aliphatic carbocycles. The second kappa shape index (κ2) is 14.4. The lowest BCUT2D eigenvalue weighted by Gasteiger charge is -2.24. The van der Waals surface area contributed by atoms with Crippen LogP contribution < -0.4 is 27.4 Å². The summed E-state index contributed by atoms with van der Waals surface area (Å²) in [5, 5.41) is 18.0. The number of aromatic amines is 1. The van der Waals surface area contributed by atoms with Crippen LogP contribution in [0, 0.1) is 5.92 Å². The van der Waals surface area contributed by atoms with Crippen LogP contribution in [0.2, 0.25) is 0 Å². The van der Waals surface area contributed by atoms with Crippen LogP contribution in [0.3, 0.4) is 0 Å². The monoisotopic (exact) mass is 548 g/mol. The number of para-hydroxylation sites is 1. The summed E-state index contributed by atoms with van der Waals surface area (Å²) in [6.07, 6.45) is 1.64. The number of carbonyl (C=O) groups excluding carboxylic acids is 4. The molecule has 4 atom stereocenters. The number of H-pyrrole nitrogens is 1. The first kappa shape index (κ1) is 30.6. The largest absolute Gasteiger partial charge is 0.480 e. The number of rotatable bonds is 15. The number of fused-ring (bicyclic) bond motifs is 1. The smallest absolute Gasteiger partial charge is 0.326 e. The molecule has 2 rings (SSSR count). The third kappa shape index (κ3) is 9.06. The number of carbonyl (C=O) groups is 5. The number of amides is 4. The second-order valence-corrected chi connectivity index (χ2v) is 9.87. The van der Waals surface area contributed by atoms with Crippen molar-refractivity contribution in [3.8, 4) is 0 Å². The van der Waals surface area contributed by atoms with Gasteiger partial charge in [-0.25, -0.2) is 4.79 Å². The van der Waals surface area contributed by atoms with Crippen LogP contribution >= 0.6 is 12.6 Å². The van der Waals surface area contributed by atoms with Crippen LogP contribution in [0.25, 0.3) is 10.9 Å². The number of primary amides is 1. The Balaban J connectivity index is 2.14. The van der Waals surface area contributed by atoms with Crippen molar-refractivity contribution in [3.63, 3.8) is 0 Å². The third-order valence-corrected chi connectivity index (χ3v) is 6.27. The summed E-state index contributed by atoms with van der Waals surface area (Å²) in [6.45, 7) is 3.81. The van der Waals surface area contributed by atoms with Gasteiger partial charge in [0.2, 0.25) is 23.6 Å². The Labute approximate surface area is 226 Å². The van der Waals surface area contributed by atoms with E-state index >= 15 is 0 Å². The minimum atomic E-state index is -1.32. The summed E-state index contributed by atoms with van der Waals surface area (Å²) in [5.74, 6) is -4.00. The normalized spacial score (nSPS) is 14.3. The SMILES string of the molecule is CC(C)CC(N)C(=O)NC(CS)C(=O)NC(CCC(N)=O)C(=O)NC(Cc1c[nH]c2ccccc12)C(=O)O. The van der Waals surface area contributed by atoms with Crippen molar-refractivity contribution >= 4 is 53.1 Å². The van der Waals surface area contributed by atoms with Gasteiger partial charge < -0.3 is 37.5 Å². The van der Waals surface area contributed by atoms with Gasteiger partial charge in [-0.05, 0) is 30.4 Å². The molecule has 0 spiro atoms. The Kier molecular flexibility index (Phi) is 11.6. The number of hydrogen-bond donors (Lipinski definition) is 8. The maximum absolute atomic E-state index is 13.1. The topological polar surface area (TPSA) is 209 Å². The molecule has 0 saturated carbocycles. The van der Waals surface area contributed by atoms with Crippen LogP contribution in [0.5, 0.6) is 0 Å². The first-order chi connectivity index (χ1) is 17.9. The highest BCUT2D eigenvalue weighted by atomic mass is 32.1. The quantitative estimate of drug-likeness (QED) is 0.141. The van der Waals surface area contributed by atoms with E-state index in [-0.39, 0.29) is 30.9 Å². The van der Waals surface area contributed by atoms with Gasteiger partial charge in [-0.3, -0.25) is 19.2 Å². The fourth-order valence-electron chi connectivity index (χ4n) is 3.91. The van der Waals surface area contributed by atoms with E-state index in [1.165, 1.54) is 0 Å². The van der Waals surface area contributed by atoms with Crippen molar-refractivity contribution in [3.05, 3.63) is 36.0 Å². The lowest BCUT2D eigenvalue weighted by atomic mass is 10.0. The zero-order chi connectivity index (χ0) is 28.4. The summed E-state index contributed by atoms with van der Waals surface area (Å²) in [7, 11) is 0. The van der Waals surface area contributed by atoms with E-state index < -0.39 is 53.8 Å². The Morgan fingerprint density at radius 1 is 0.974 bits per heavy atom. The molecule has 9 N–H and O–H groups in total. The molecule has 4 amide bonds. The first-order valence-corrected chi connectivity index (χ1v) is 12.9. The molecule has 0 aliphatic rings. The van der Waals surface area contributed by atoms with Crippen molar-refractivity contribution < 1.29 is 29.1 Å². The molecule has 2 aromatic rings. The van der Waals surface area contributed by atoms with Gasteiger partial charge in [0.1, 0.15) is 18.1 Å². The summed E-state index contributed by atoms with van der Waals surface area (Å²) in [6, 6.07) is 2.77. The molecule has 0 fully saturated rings. The standard InChI is InChI=1S/C25H36N6O6S/c1-13(2)9-16(26)22(33)31-20(12-38)24(35)29-18(7-8-21(27)32)23(34)30-19(25(36)37)10-14-11-28-17-6-4-3-5-15(14)17/h3-6,11,13,16,18-20,28,38H,7-10,12,26H2,1-2H3,(H2,27,32)(H,29,35)(H,30,34)(H,31,33)(H,36,37). The van der Waals surface area contributed by atoms with E-state index in [2.05, 4.69) is 33.6 Å². The zero-order valence-electron chi connectivity index (χ0n) is 21.4. The highest BCUT2D eigenvalue weighted by Gasteiger charge is 2.30. The van der Waals surface area contributed by atoms with E-state index in [1.54, 1.807) is 6.20 Å². The Morgan fingerprint density at radius 3 is 2.18 bits per heavy atom. The molecule has 0 aliphatic heterocycles. The fraction of sp³-hybridized carbons (Fsp3) is 0.480. The van der Waals surface area contributed by atoms with Crippen LogP contribution in [0.1, 0.15) is 38.7 Å². The average molecular weight is 549 g/mol. The molecule has 1 heterocycles. The number of carboxylic acids is 1. The highest BCUT2D eigenvalue weighted by molar-refractivity contribution is 7.80. The summed E-state index contributed by atoms with van der Waals surface area (Å²) >= 11 is 4.12. The van der Waals surface area contributed by atoms with Crippen LogP contribution in [0.15, 0.2) is 30.5 Å². The zero-order valence-corrected chi connectivity index (χ0v) is 22.3. The molecule has 4 unspecified atom stereocenters. The van der Waals surface area contributed by atoms with Gasteiger partial charge in [-0.2, -0.15) is 12.6 Å². The number of hydrogen-bond acceptors (Lipinski definition) is 7. The number of aromatic nitrogens is 1. The van der Waals surface area contributed by atoms with Crippen LogP contribution in [0.4, 0.5) is 0 Å². The molecule has 13 heteroatoms. The average Bonchev–Trinajstić information content (AvgIpc) is 3.26. The number of benzene rings is 1. The van der Waals surface area contributed by atoms with Crippen molar-refractivity contribution in [2.45, 2.75) is 63.7 Å². The van der Waals surface area contributed by atoms with Gasteiger partial charge in [0.25, 0.3) is 0 Å². The molecule has 1 aromatic carbocycles. The van der Waals surface area contributed by atoms with Gasteiger partial charge in [-0.1, -0.05) is 32.0 Å². The van der Waals surface area contributed by atoms with E-state index in [1.807, 2.05) is 38.1 Å². The molecule has 12 nitrogen and oxygen atoms in total. The summed E-state index contributed by atoms with van der Waals surface area (Å²) in [5.41, 5.74) is 12.6. The molecule has 0 bridgehead atoms. The van der Waals surface area contributed by atoms with Gasteiger partial charge >= 0.3 is 5.97 Å². The number of aliphatic carboxylic acids is 1. The maximum Gasteiger partial charge on any atom is 0.326 e. The minimum absolute atomic E-state index is 0.0232. The molecule has 0 saturated heterocycles. The Hall–Kier alpha value is -3.58. The van der Waals surface area contributed by atoms with Crippen molar-refractivity contribution in [2.24, 2.45) is 17.4 Å². The Bertz CT molecular complexity index is 1150. The molecular weight excluding hydrogens is 512 g/mol. The predicted octanol–water partition coefficient (Wildman–Crippen LogP) is -0.182. The number of nitrogens with two attached hydrogens (primary N) is 2. The Morgan fingerprint density at radius 2 is 1.58 bits per heavy atom. The van der Waals surface area contributed by atoms with E-state index in [0.717, 1.165) is 10.9 Å². The molecule has 38 heavy (non-hydrogen) atoms. The fourth-order valence-corrected chi connectivity index (χ4v) is 4.17. The van der Waals surface area contributed by atoms with Crippen LogP contribution in [-0.2, 0) is 30.4 Å². The number of nitrogens with one attached hydrogen (secondary N) is 4. The molecule has 1 aromatic heterocycles. The minimum Gasteiger partial charge on any atom is -0.480 e. The van der Waals surface area contributed by atoms with Gasteiger partial charge in [0.15, 0.2) is 0 Å². The second-order valence-electron chi connectivity index (χ2n) is 9.51. The number of thiol groups is 1. The van der Waals surface area contributed by atoms with Crippen molar-refractivity contribution in [1.82, 2.24) is 20.9 Å². The van der Waals surface area contributed by atoms with E-state index in [0.29, 0.717) is 12.0 Å². The van der Waals surface area contributed by atoms with Gasteiger partial charge in [0, 0.05) is 35.7 Å². The van der Waals surface area contributed by atoms with Crippen LogP contribution in [-0.4, -0.2) is 69.6 Å². The van der Waals surface area contributed by atoms with Crippen molar-refractivity contribution in [1.29, 1.82) is 0 Å². The third-order valence-electron chi connectivity index (χ3n) is 5.90. The lowest BCUT2D eigenvalue weighted by Crippen LogP contribution is -2.58. The summed E-state index contributed by atoms with van der Waals surface area (Å²) < 4.78 is 0. The van der Waals surface area contributed by atoms with Gasteiger partial charge in [0.05, 0.1) is 6.04 Å². The summed E-state index contributed by atoms with van der Waals surface area (Å²) in [4.78, 5) is 64.8. The lowest BCUT2D eigenvalue weighted by molar-refractivity contribution is -0.142. The van der Waals surface area contributed by atoms with Crippen molar-refractivity contribution in [2.75, 3.05) is 5.75 Å². The molecule has 0 radical (unpaired) electrons. The predicted molar refractivity (Wildman–Crippen MR) is 145 cm³/mol.